The first-order valence-electron chi connectivity index (χ1n) is 6.13. The maximum Gasteiger partial charge on any atom is 0.162 e. The van der Waals surface area contributed by atoms with Crippen LogP contribution in [0.5, 0.6) is 11.5 Å². The van der Waals surface area contributed by atoms with Gasteiger partial charge in [0.2, 0.25) is 0 Å². The van der Waals surface area contributed by atoms with Gasteiger partial charge in [0.1, 0.15) is 4.99 Å². The minimum atomic E-state index is 0.369. The lowest BCUT2D eigenvalue weighted by Crippen LogP contribution is -2.09. The second-order valence-electron chi connectivity index (χ2n) is 4.25. The van der Waals surface area contributed by atoms with Crippen molar-refractivity contribution in [1.29, 1.82) is 0 Å². The van der Waals surface area contributed by atoms with Crippen molar-refractivity contribution in [2.24, 2.45) is 5.73 Å². The predicted molar refractivity (Wildman–Crippen MR) is 92.9 cm³/mol. The molecule has 0 aliphatic rings. The molecule has 0 aromatic heterocycles. The molecule has 0 bridgehead atoms. The predicted octanol–water partition coefficient (Wildman–Crippen LogP) is 3.84. The Bertz CT molecular complexity index is 677. The Morgan fingerprint density at radius 3 is 2.38 bits per heavy atom. The Labute approximate surface area is 137 Å². The summed E-state index contributed by atoms with van der Waals surface area (Å²) in [6.45, 7) is 0. The van der Waals surface area contributed by atoms with Crippen molar-refractivity contribution in [3.8, 4) is 11.5 Å². The van der Waals surface area contributed by atoms with E-state index in [4.69, 9.17) is 27.4 Å². The molecule has 2 aromatic carbocycles. The van der Waals surface area contributed by atoms with Crippen LogP contribution in [-0.4, -0.2) is 19.2 Å². The summed E-state index contributed by atoms with van der Waals surface area (Å²) >= 11 is 8.46. The lowest BCUT2D eigenvalue weighted by Gasteiger charge is -2.13. The van der Waals surface area contributed by atoms with E-state index in [9.17, 15) is 0 Å². The average molecular weight is 367 g/mol. The number of anilines is 2. The van der Waals surface area contributed by atoms with Gasteiger partial charge in [-0.15, -0.1) is 0 Å². The molecule has 0 heterocycles. The fourth-order valence-corrected chi connectivity index (χ4v) is 2.44. The first-order valence-corrected chi connectivity index (χ1v) is 7.33. The molecule has 2 rings (SSSR count). The first kappa shape index (κ1) is 15.6. The minimum absolute atomic E-state index is 0.369. The van der Waals surface area contributed by atoms with Gasteiger partial charge < -0.3 is 20.5 Å². The largest absolute Gasteiger partial charge is 0.493 e. The normalized spacial score (nSPS) is 10.0. The van der Waals surface area contributed by atoms with Gasteiger partial charge >= 0.3 is 0 Å². The molecule has 0 aliphatic carbocycles. The smallest absolute Gasteiger partial charge is 0.162 e. The van der Waals surface area contributed by atoms with Crippen molar-refractivity contribution < 1.29 is 9.47 Å². The summed E-state index contributed by atoms with van der Waals surface area (Å²) in [6.07, 6.45) is 0. The van der Waals surface area contributed by atoms with Crippen LogP contribution in [0.3, 0.4) is 0 Å². The number of methoxy groups -OCH3 is 2. The summed E-state index contributed by atoms with van der Waals surface area (Å²) in [5.74, 6) is 1.35. The summed E-state index contributed by atoms with van der Waals surface area (Å²) in [4.78, 5) is 0.369. The van der Waals surface area contributed by atoms with Gasteiger partial charge in [-0.1, -0.05) is 12.2 Å². The van der Waals surface area contributed by atoms with Gasteiger partial charge in [0.05, 0.1) is 19.9 Å². The van der Waals surface area contributed by atoms with Crippen LogP contribution in [0.2, 0.25) is 0 Å². The van der Waals surface area contributed by atoms with Crippen LogP contribution in [-0.2, 0) is 0 Å². The molecule has 21 heavy (non-hydrogen) atoms. The summed E-state index contributed by atoms with van der Waals surface area (Å²) in [5, 5.41) is 3.30. The topological polar surface area (TPSA) is 56.5 Å². The van der Waals surface area contributed by atoms with Crippen molar-refractivity contribution in [1.82, 2.24) is 0 Å². The van der Waals surface area contributed by atoms with E-state index < -0.39 is 0 Å². The number of halogens is 1. The van der Waals surface area contributed by atoms with Crippen LogP contribution < -0.4 is 20.5 Å². The van der Waals surface area contributed by atoms with E-state index in [1.54, 1.807) is 14.2 Å². The van der Waals surface area contributed by atoms with Crippen molar-refractivity contribution in [2.45, 2.75) is 0 Å². The number of thiocarbonyl (C=S) groups is 1. The lowest BCUT2D eigenvalue weighted by molar-refractivity contribution is 0.355. The number of benzene rings is 2. The van der Waals surface area contributed by atoms with Crippen molar-refractivity contribution in [3.05, 3.63) is 46.4 Å². The summed E-state index contributed by atoms with van der Waals surface area (Å²) in [5.41, 5.74) is 8.22. The molecular formula is C15H15BrN2O2S. The van der Waals surface area contributed by atoms with Gasteiger partial charge in [-0.3, -0.25) is 0 Å². The van der Waals surface area contributed by atoms with E-state index in [2.05, 4.69) is 21.2 Å². The quantitative estimate of drug-likeness (QED) is 0.787. The van der Waals surface area contributed by atoms with Gasteiger partial charge in [-0.2, -0.15) is 0 Å². The van der Waals surface area contributed by atoms with Crippen molar-refractivity contribution in [3.63, 3.8) is 0 Å². The standard InChI is InChI=1S/C15H15BrN2O2S/c1-19-13-6-4-10(8-14(13)20-2)18-12-5-3-9(15(17)21)7-11(12)16/h3-8,18H,1-2H3,(H2,17,21). The molecule has 2 aromatic rings. The van der Waals surface area contributed by atoms with Crippen LogP contribution in [0, 0.1) is 0 Å². The molecule has 6 heteroatoms. The number of rotatable bonds is 5. The molecular weight excluding hydrogens is 352 g/mol. The molecule has 0 aliphatic heterocycles. The maximum absolute atomic E-state index is 5.61. The highest BCUT2D eigenvalue weighted by Crippen LogP contribution is 2.33. The van der Waals surface area contributed by atoms with Crippen LogP contribution in [0.1, 0.15) is 5.56 Å². The fraction of sp³-hybridized carbons (Fsp3) is 0.133. The zero-order chi connectivity index (χ0) is 15.4. The zero-order valence-electron chi connectivity index (χ0n) is 11.6. The Morgan fingerprint density at radius 2 is 1.81 bits per heavy atom. The Kier molecular flexibility index (Phi) is 5.03. The number of ether oxygens (including phenoxy) is 2. The van der Waals surface area contributed by atoms with E-state index in [0.29, 0.717) is 16.5 Å². The third-order valence-corrected chi connectivity index (χ3v) is 3.81. The molecule has 0 unspecified atom stereocenters. The molecule has 0 saturated carbocycles. The fourth-order valence-electron chi connectivity index (χ4n) is 1.84. The number of hydrogen-bond donors (Lipinski definition) is 2. The van der Waals surface area contributed by atoms with Crippen LogP contribution in [0.15, 0.2) is 40.9 Å². The molecule has 0 radical (unpaired) electrons. The Hall–Kier alpha value is -1.79. The van der Waals surface area contributed by atoms with Gasteiger partial charge in [0, 0.05) is 21.8 Å². The summed E-state index contributed by atoms with van der Waals surface area (Å²) < 4.78 is 11.4. The van der Waals surface area contributed by atoms with E-state index >= 15 is 0 Å². The summed E-state index contributed by atoms with van der Waals surface area (Å²) in [7, 11) is 3.21. The van der Waals surface area contributed by atoms with Gasteiger partial charge in [0.25, 0.3) is 0 Å². The average Bonchev–Trinajstić information content (AvgIpc) is 2.48. The lowest BCUT2D eigenvalue weighted by atomic mass is 10.2. The molecule has 110 valence electrons. The van der Waals surface area contributed by atoms with E-state index in [1.807, 2.05) is 36.4 Å². The van der Waals surface area contributed by atoms with Crippen LogP contribution in [0.4, 0.5) is 11.4 Å². The first-order chi connectivity index (χ1) is 10.0. The second-order valence-corrected chi connectivity index (χ2v) is 5.55. The monoisotopic (exact) mass is 366 g/mol. The van der Waals surface area contributed by atoms with E-state index in [-0.39, 0.29) is 0 Å². The van der Waals surface area contributed by atoms with Crippen LogP contribution >= 0.6 is 28.1 Å². The van der Waals surface area contributed by atoms with Crippen molar-refractivity contribution >= 4 is 44.5 Å². The summed E-state index contributed by atoms with van der Waals surface area (Å²) in [6, 6.07) is 11.3. The second kappa shape index (κ2) is 6.78. The highest BCUT2D eigenvalue weighted by molar-refractivity contribution is 9.10. The molecule has 4 nitrogen and oxygen atoms in total. The molecule has 0 spiro atoms. The Balaban J connectivity index is 2.28. The van der Waals surface area contributed by atoms with E-state index in [0.717, 1.165) is 21.4 Å². The highest BCUT2D eigenvalue weighted by Gasteiger charge is 2.07. The third-order valence-electron chi connectivity index (χ3n) is 2.92. The Morgan fingerprint density at radius 1 is 1.10 bits per heavy atom. The minimum Gasteiger partial charge on any atom is -0.493 e. The molecule has 3 N–H and O–H groups in total. The van der Waals surface area contributed by atoms with Gasteiger partial charge in [-0.05, 0) is 46.3 Å². The SMILES string of the molecule is COc1ccc(Nc2ccc(C(N)=S)cc2Br)cc1OC. The molecule has 0 saturated heterocycles. The molecule has 0 amide bonds. The number of nitrogens with one attached hydrogen (secondary N) is 1. The van der Waals surface area contributed by atoms with Gasteiger partial charge in [0.15, 0.2) is 11.5 Å². The molecule has 0 fully saturated rings. The maximum atomic E-state index is 5.61. The van der Waals surface area contributed by atoms with Crippen LogP contribution in [0.25, 0.3) is 0 Å². The third kappa shape index (κ3) is 3.65. The van der Waals surface area contributed by atoms with Crippen molar-refractivity contribution in [2.75, 3.05) is 19.5 Å². The zero-order valence-corrected chi connectivity index (χ0v) is 14.0. The molecule has 0 atom stereocenters. The van der Waals surface area contributed by atoms with E-state index in [1.165, 1.54) is 0 Å². The number of hydrogen-bond acceptors (Lipinski definition) is 4. The highest BCUT2D eigenvalue weighted by atomic mass is 79.9. The van der Waals surface area contributed by atoms with Gasteiger partial charge in [-0.25, -0.2) is 0 Å². The number of nitrogens with two attached hydrogens (primary N) is 1.